The molecule has 2 aliphatic rings. The zero-order valence-electron chi connectivity index (χ0n) is 18.8. The molecule has 1 aromatic carbocycles. The van der Waals surface area contributed by atoms with Crippen LogP contribution in [0.25, 0.3) is 0 Å². The normalized spacial score (nSPS) is 24.1. The predicted molar refractivity (Wildman–Crippen MR) is 117 cm³/mol. The number of amides is 1. The standard InChI is InChI=1S/C24H38N2O3/c1-17(2)23-7-6-22(12-18(23)3)28-16-24(27)26-10-8-21(9-11-26)15-25-13-19(4)29-20(5)14-25/h6-7,12,17,19-21H,8-11,13-16H2,1-5H3. The first-order valence-corrected chi connectivity index (χ1v) is 11.2. The van der Waals surface area contributed by atoms with Gasteiger partial charge in [0.2, 0.25) is 0 Å². The van der Waals surface area contributed by atoms with Crippen LogP contribution < -0.4 is 4.74 Å². The lowest BCUT2D eigenvalue weighted by Gasteiger charge is -2.39. The Bertz CT molecular complexity index is 673. The second-order valence-electron chi connectivity index (χ2n) is 9.26. The molecule has 29 heavy (non-hydrogen) atoms. The molecule has 5 heteroatoms. The van der Waals surface area contributed by atoms with Crippen molar-refractivity contribution in [3.8, 4) is 5.75 Å². The number of morpholine rings is 1. The molecule has 2 aliphatic heterocycles. The molecule has 2 unspecified atom stereocenters. The number of carbonyl (C=O) groups is 1. The molecule has 2 fully saturated rings. The van der Waals surface area contributed by atoms with Crippen LogP contribution in [0.2, 0.25) is 0 Å². The number of rotatable bonds is 6. The van der Waals surface area contributed by atoms with Gasteiger partial charge in [0.25, 0.3) is 5.91 Å². The van der Waals surface area contributed by atoms with Gasteiger partial charge in [-0.25, -0.2) is 0 Å². The Morgan fingerprint density at radius 3 is 2.41 bits per heavy atom. The van der Waals surface area contributed by atoms with Gasteiger partial charge in [-0.3, -0.25) is 9.69 Å². The number of ether oxygens (including phenoxy) is 2. The lowest BCUT2D eigenvalue weighted by atomic mass is 9.95. The van der Waals surface area contributed by atoms with E-state index in [1.807, 2.05) is 17.0 Å². The molecule has 0 aliphatic carbocycles. The van der Waals surface area contributed by atoms with Gasteiger partial charge in [-0.1, -0.05) is 19.9 Å². The highest BCUT2D eigenvalue weighted by molar-refractivity contribution is 5.77. The minimum absolute atomic E-state index is 0.0997. The first-order chi connectivity index (χ1) is 13.8. The maximum atomic E-state index is 12.6. The summed E-state index contributed by atoms with van der Waals surface area (Å²) in [5.41, 5.74) is 2.55. The fraction of sp³-hybridized carbons (Fsp3) is 0.708. The van der Waals surface area contributed by atoms with Crippen LogP contribution in [0.4, 0.5) is 0 Å². The van der Waals surface area contributed by atoms with Gasteiger partial charge in [0.1, 0.15) is 5.75 Å². The largest absolute Gasteiger partial charge is 0.484 e. The van der Waals surface area contributed by atoms with Gasteiger partial charge in [-0.15, -0.1) is 0 Å². The van der Waals surface area contributed by atoms with E-state index in [4.69, 9.17) is 9.47 Å². The van der Waals surface area contributed by atoms with E-state index in [9.17, 15) is 4.79 Å². The van der Waals surface area contributed by atoms with E-state index >= 15 is 0 Å². The quantitative estimate of drug-likeness (QED) is 0.725. The van der Waals surface area contributed by atoms with E-state index in [2.05, 4.69) is 45.6 Å². The molecule has 2 saturated heterocycles. The van der Waals surface area contributed by atoms with Crippen molar-refractivity contribution in [2.45, 2.75) is 65.6 Å². The smallest absolute Gasteiger partial charge is 0.260 e. The van der Waals surface area contributed by atoms with Crippen molar-refractivity contribution in [2.24, 2.45) is 5.92 Å². The summed E-state index contributed by atoms with van der Waals surface area (Å²) in [5.74, 6) is 2.05. The van der Waals surface area contributed by atoms with Crippen molar-refractivity contribution < 1.29 is 14.3 Å². The van der Waals surface area contributed by atoms with Gasteiger partial charge >= 0.3 is 0 Å². The minimum atomic E-state index is 0.0997. The van der Waals surface area contributed by atoms with E-state index < -0.39 is 0 Å². The Kier molecular flexibility index (Phi) is 7.58. The molecule has 0 spiro atoms. The summed E-state index contributed by atoms with van der Waals surface area (Å²) in [6.45, 7) is 15.8. The highest BCUT2D eigenvalue weighted by atomic mass is 16.5. The van der Waals surface area contributed by atoms with Crippen LogP contribution in [-0.4, -0.2) is 67.2 Å². The molecule has 2 heterocycles. The number of hydrogen-bond donors (Lipinski definition) is 0. The molecule has 0 saturated carbocycles. The highest BCUT2D eigenvalue weighted by Gasteiger charge is 2.28. The van der Waals surface area contributed by atoms with E-state index in [-0.39, 0.29) is 12.5 Å². The third kappa shape index (κ3) is 6.19. The van der Waals surface area contributed by atoms with Crippen LogP contribution in [0.15, 0.2) is 18.2 Å². The summed E-state index contributed by atoms with van der Waals surface area (Å²) < 4.78 is 11.6. The number of benzene rings is 1. The Morgan fingerprint density at radius 2 is 1.83 bits per heavy atom. The average Bonchev–Trinajstić information content (AvgIpc) is 2.65. The van der Waals surface area contributed by atoms with Gasteiger partial charge in [-0.05, 0) is 68.7 Å². The summed E-state index contributed by atoms with van der Waals surface area (Å²) in [7, 11) is 0. The molecule has 0 bridgehead atoms. The van der Waals surface area contributed by atoms with E-state index in [0.29, 0.717) is 24.0 Å². The van der Waals surface area contributed by atoms with Gasteiger partial charge < -0.3 is 14.4 Å². The Labute approximate surface area is 176 Å². The molecule has 0 radical (unpaired) electrons. The maximum Gasteiger partial charge on any atom is 0.260 e. The van der Waals surface area contributed by atoms with E-state index in [0.717, 1.165) is 51.3 Å². The number of aryl methyl sites for hydroxylation is 1. The van der Waals surface area contributed by atoms with Crippen molar-refractivity contribution in [2.75, 3.05) is 39.3 Å². The summed E-state index contributed by atoms with van der Waals surface area (Å²) >= 11 is 0. The maximum absolute atomic E-state index is 12.6. The van der Waals surface area contributed by atoms with Crippen LogP contribution in [0, 0.1) is 12.8 Å². The van der Waals surface area contributed by atoms with Crippen LogP contribution in [0.3, 0.4) is 0 Å². The van der Waals surface area contributed by atoms with Crippen molar-refractivity contribution in [1.82, 2.24) is 9.80 Å². The van der Waals surface area contributed by atoms with E-state index in [1.165, 1.54) is 11.1 Å². The molecule has 1 amide bonds. The highest BCUT2D eigenvalue weighted by Crippen LogP contribution is 2.24. The van der Waals surface area contributed by atoms with Crippen LogP contribution in [-0.2, 0) is 9.53 Å². The zero-order valence-corrected chi connectivity index (χ0v) is 18.8. The van der Waals surface area contributed by atoms with Crippen LogP contribution in [0.1, 0.15) is 57.6 Å². The number of hydrogen-bond acceptors (Lipinski definition) is 4. The van der Waals surface area contributed by atoms with Gasteiger partial charge in [0, 0.05) is 32.7 Å². The summed E-state index contributed by atoms with van der Waals surface area (Å²) in [5, 5.41) is 0. The summed E-state index contributed by atoms with van der Waals surface area (Å²) in [6, 6.07) is 6.13. The van der Waals surface area contributed by atoms with E-state index in [1.54, 1.807) is 0 Å². The fourth-order valence-corrected chi connectivity index (χ4v) is 4.79. The first kappa shape index (κ1) is 22.1. The number of carbonyl (C=O) groups excluding carboxylic acids is 1. The number of likely N-dealkylation sites (tertiary alicyclic amines) is 1. The second kappa shape index (κ2) is 9.94. The number of nitrogens with zero attached hydrogens (tertiary/aromatic N) is 2. The molecule has 1 aromatic rings. The molecule has 0 aromatic heterocycles. The zero-order chi connectivity index (χ0) is 21.0. The Morgan fingerprint density at radius 1 is 1.17 bits per heavy atom. The summed E-state index contributed by atoms with van der Waals surface area (Å²) in [6.07, 6.45) is 2.79. The lowest BCUT2D eigenvalue weighted by Crippen LogP contribution is -2.49. The van der Waals surface area contributed by atoms with Gasteiger partial charge in [0.05, 0.1) is 12.2 Å². The van der Waals surface area contributed by atoms with Crippen LogP contribution in [0.5, 0.6) is 5.75 Å². The second-order valence-corrected chi connectivity index (χ2v) is 9.26. The molecule has 0 N–H and O–H groups in total. The Balaban J connectivity index is 1.41. The minimum Gasteiger partial charge on any atom is -0.484 e. The van der Waals surface area contributed by atoms with Crippen molar-refractivity contribution in [3.05, 3.63) is 29.3 Å². The third-order valence-corrected chi connectivity index (χ3v) is 6.20. The molecule has 3 rings (SSSR count). The predicted octanol–water partition coefficient (Wildman–Crippen LogP) is 3.85. The summed E-state index contributed by atoms with van der Waals surface area (Å²) in [4.78, 5) is 17.1. The first-order valence-electron chi connectivity index (χ1n) is 11.2. The fourth-order valence-electron chi connectivity index (χ4n) is 4.79. The molecular weight excluding hydrogens is 364 g/mol. The molecular formula is C24H38N2O3. The monoisotopic (exact) mass is 402 g/mol. The number of piperidine rings is 1. The van der Waals surface area contributed by atoms with Crippen LogP contribution >= 0.6 is 0 Å². The molecule has 162 valence electrons. The lowest BCUT2D eigenvalue weighted by molar-refractivity contribution is -0.135. The van der Waals surface area contributed by atoms with Crippen molar-refractivity contribution in [3.63, 3.8) is 0 Å². The SMILES string of the molecule is Cc1cc(OCC(=O)N2CCC(CN3CC(C)OC(C)C3)CC2)ccc1C(C)C. The molecule has 2 atom stereocenters. The average molecular weight is 403 g/mol. The third-order valence-electron chi connectivity index (χ3n) is 6.20. The van der Waals surface area contributed by atoms with Gasteiger partial charge in [0.15, 0.2) is 6.61 Å². The van der Waals surface area contributed by atoms with Crippen molar-refractivity contribution in [1.29, 1.82) is 0 Å². The van der Waals surface area contributed by atoms with Crippen molar-refractivity contribution >= 4 is 5.91 Å². The van der Waals surface area contributed by atoms with Gasteiger partial charge in [-0.2, -0.15) is 0 Å². The topological polar surface area (TPSA) is 42.0 Å². The molecule has 5 nitrogen and oxygen atoms in total. The Hall–Kier alpha value is -1.59.